The average Bonchev–Trinajstić information content (AvgIpc) is 2.57. The number of halogens is 1. The van der Waals surface area contributed by atoms with Crippen LogP contribution >= 0.6 is 22.6 Å². The zero-order chi connectivity index (χ0) is 20.1. The first-order valence-electron chi connectivity index (χ1n) is 8.08. The van der Waals surface area contributed by atoms with E-state index in [1.807, 2.05) is 36.4 Å². The summed E-state index contributed by atoms with van der Waals surface area (Å²) in [5.41, 5.74) is 0.305. The lowest BCUT2D eigenvalue weighted by Gasteiger charge is -2.25. The van der Waals surface area contributed by atoms with Crippen LogP contribution in [0.1, 0.15) is 30.6 Å². The second kappa shape index (κ2) is 9.65. The minimum absolute atomic E-state index is 0.0590. The Bertz CT molecular complexity index is 762. The maximum atomic E-state index is 13.0. The standard InChI is InChI=1S/C17H25IN2O5S/c1-12(2)11-20(9-8-16(21)25-5)17(22)14-10-13(6-7-15(14)18)26(23,24)19(3)4/h6-7,10,12H,8-9,11H2,1-5H3. The molecule has 0 atom stereocenters. The molecule has 0 bridgehead atoms. The fourth-order valence-corrected chi connectivity index (χ4v) is 3.75. The minimum Gasteiger partial charge on any atom is -0.469 e. The lowest BCUT2D eigenvalue weighted by atomic mass is 10.1. The maximum Gasteiger partial charge on any atom is 0.307 e. The number of carbonyl (C=O) groups excluding carboxylic acids is 2. The van der Waals surface area contributed by atoms with E-state index in [4.69, 9.17) is 0 Å². The van der Waals surface area contributed by atoms with E-state index in [9.17, 15) is 18.0 Å². The third-order valence-corrected chi connectivity index (χ3v) is 6.38. The molecule has 0 radical (unpaired) electrons. The third kappa shape index (κ3) is 5.92. The molecule has 1 rings (SSSR count). The molecule has 0 saturated heterocycles. The predicted octanol–water partition coefficient (Wildman–Crippen LogP) is 2.20. The van der Waals surface area contributed by atoms with Gasteiger partial charge in [-0.1, -0.05) is 13.8 Å². The highest BCUT2D eigenvalue weighted by molar-refractivity contribution is 14.1. The van der Waals surface area contributed by atoms with Crippen molar-refractivity contribution in [1.29, 1.82) is 0 Å². The largest absolute Gasteiger partial charge is 0.469 e. The Morgan fingerprint density at radius 3 is 2.35 bits per heavy atom. The summed E-state index contributed by atoms with van der Waals surface area (Å²) < 4.78 is 31.1. The van der Waals surface area contributed by atoms with Gasteiger partial charge in [0, 0.05) is 30.8 Å². The number of rotatable bonds is 8. The molecule has 1 amide bonds. The molecular weight excluding hydrogens is 471 g/mol. The highest BCUT2D eigenvalue weighted by Gasteiger charge is 2.24. The molecule has 0 heterocycles. The van der Waals surface area contributed by atoms with E-state index in [-0.39, 0.29) is 29.7 Å². The number of hydrogen-bond acceptors (Lipinski definition) is 5. The molecule has 0 aromatic heterocycles. The lowest BCUT2D eigenvalue weighted by Crippen LogP contribution is -2.36. The van der Waals surface area contributed by atoms with Crippen molar-refractivity contribution in [3.05, 3.63) is 27.3 Å². The van der Waals surface area contributed by atoms with Gasteiger partial charge in [0.25, 0.3) is 5.91 Å². The Kier molecular flexibility index (Phi) is 8.48. The van der Waals surface area contributed by atoms with Gasteiger partial charge in [-0.15, -0.1) is 0 Å². The van der Waals surface area contributed by atoms with E-state index >= 15 is 0 Å². The first-order chi connectivity index (χ1) is 12.0. The van der Waals surface area contributed by atoms with Crippen LogP contribution in [0.2, 0.25) is 0 Å². The second-order valence-electron chi connectivity index (χ2n) is 6.40. The summed E-state index contributed by atoms with van der Waals surface area (Å²) in [6, 6.07) is 4.48. The quantitative estimate of drug-likeness (QED) is 0.407. The van der Waals surface area contributed by atoms with Gasteiger partial charge >= 0.3 is 5.97 Å². The van der Waals surface area contributed by atoms with Gasteiger partial charge in [-0.05, 0) is 46.7 Å². The van der Waals surface area contributed by atoms with Crippen LogP contribution < -0.4 is 0 Å². The molecule has 1 aromatic rings. The number of methoxy groups -OCH3 is 1. The topological polar surface area (TPSA) is 84.0 Å². The zero-order valence-electron chi connectivity index (χ0n) is 15.7. The average molecular weight is 496 g/mol. The highest BCUT2D eigenvalue weighted by atomic mass is 127. The summed E-state index contributed by atoms with van der Waals surface area (Å²) in [5, 5.41) is 0. The summed E-state index contributed by atoms with van der Waals surface area (Å²) in [4.78, 5) is 26.1. The number of ether oxygens (including phenoxy) is 1. The smallest absolute Gasteiger partial charge is 0.307 e. The van der Waals surface area contributed by atoms with Gasteiger partial charge < -0.3 is 9.64 Å². The van der Waals surface area contributed by atoms with Crippen molar-refractivity contribution in [1.82, 2.24) is 9.21 Å². The van der Waals surface area contributed by atoms with Gasteiger partial charge in [0.2, 0.25) is 10.0 Å². The molecule has 7 nitrogen and oxygen atoms in total. The van der Waals surface area contributed by atoms with Gasteiger partial charge in [0.15, 0.2) is 0 Å². The minimum atomic E-state index is -3.64. The molecule has 0 N–H and O–H groups in total. The van der Waals surface area contributed by atoms with Crippen LogP contribution in [0.15, 0.2) is 23.1 Å². The predicted molar refractivity (Wildman–Crippen MR) is 107 cm³/mol. The van der Waals surface area contributed by atoms with Gasteiger partial charge in [-0.3, -0.25) is 9.59 Å². The van der Waals surface area contributed by atoms with Crippen LogP contribution in [0.3, 0.4) is 0 Å². The van der Waals surface area contributed by atoms with Crippen LogP contribution in [-0.4, -0.2) is 63.8 Å². The Hall–Kier alpha value is -1.20. The Balaban J connectivity index is 3.23. The van der Waals surface area contributed by atoms with Crippen molar-refractivity contribution in [2.75, 3.05) is 34.3 Å². The van der Waals surface area contributed by atoms with E-state index in [0.717, 1.165) is 4.31 Å². The third-order valence-electron chi connectivity index (χ3n) is 3.63. The van der Waals surface area contributed by atoms with E-state index in [1.165, 1.54) is 33.3 Å². The number of esters is 1. The van der Waals surface area contributed by atoms with Crippen molar-refractivity contribution >= 4 is 44.5 Å². The van der Waals surface area contributed by atoms with E-state index < -0.39 is 16.0 Å². The molecule has 26 heavy (non-hydrogen) atoms. The number of sulfonamides is 1. The van der Waals surface area contributed by atoms with Crippen molar-refractivity contribution in [2.24, 2.45) is 5.92 Å². The molecule has 0 unspecified atom stereocenters. The Morgan fingerprint density at radius 2 is 1.85 bits per heavy atom. The highest BCUT2D eigenvalue weighted by Crippen LogP contribution is 2.22. The van der Waals surface area contributed by atoms with Gasteiger partial charge in [0.1, 0.15) is 0 Å². The normalized spacial score (nSPS) is 11.7. The molecular formula is C17H25IN2O5S. The molecule has 1 aromatic carbocycles. The summed E-state index contributed by atoms with van der Waals surface area (Å²) in [5.74, 6) is -0.504. The number of amides is 1. The molecule has 0 aliphatic carbocycles. The number of nitrogens with zero attached hydrogens (tertiary/aromatic N) is 2. The van der Waals surface area contributed by atoms with E-state index in [0.29, 0.717) is 15.7 Å². The van der Waals surface area contributed by atoms with Gasteiger partial charge in [-0.2, -0.15) is 0 Å². The zero-order valence-corrected chi connectivity index (χ0v) is 18.6. The SMILES string of the molecule is COC(=O)CCN(CC(C)C)C(=O)c1cc(S(=O)(=O)N(C)C)ccc1I. The first-order valence-corrected chi connectivity index (χ1v) is 10.6. The first kappa shape index (κ1) is 22.8. The van der Waals surface area contributed by atoms with Crippen LogP contribution in [0.25, 0.3) is 0 Å². The van der Waals surface area contributed by atoms with E-state index in [1.54, 1.807) is 11.0 Å². The second-order valence-corrected chi connectivity index (χ2v) is 9.71. The monoisotopic (exact) mass is 496 g/mol. The number of benzene rings is 1. The summed E-state index contributed by atoms with van der Waals surface area (Å²) in [6.07, 6.45) is 0.0845. The molecule has 0 saturated carbocycles. The van der Waals surface area contributed by atoms with Gasteiger partial charge in [0.05, 0.1) is 24.0 Å². The molecule has 0 aliphatic rings. The van der Waals surface area contributed by atoms with Crippen LogP contribution in [0.5, 0.6) is 0 Å². The van der Waals surface area contributed by atoms with Crippen LogP contribution in [0, 0.1) is 9.49 Å². The van der Waals surface area contributed by atoms with Gasteiger partial charge in [-0.25, -0.2) is 12.7 Å². The van der Waals surface area contributed by atoms with Crippen LogP contribution in [0.4, 0.5) is 0 Å². The number of hydrogen-bond donors (Lipinski definition) is 0. The molecule has 9 heteroatoms. The van der Waals surface area contributed by atoms with E-state index in [2.05, 4.69) is 4.74 Å². The number of carbonyl (C=O) groups is 2. The lowest BCUT2D eigenvalue weighted by molar-refractivity contribution is -0.140. The van der Waals surface area contributed by atoms with Crippen molar-refractivity contribution < 1.29 is 22.7 Å². The Morgan fingerprint density at radius 1 is 1.23 bits per heavy atom. The molecule has 0 spiro atoms. The van der Waals surface area contributed by atoms with Crippen LogP contribution in [-0.2, 0) is 19.6 Å². The fraction of sp³-hybridized carbons (Fsp3) is 0.529. The van der Waals surface area contributed by atoms with Crippen molar-refractivity contribution in [3.8, 4) is 0 Å². The molecule has 0 fully saturated rings. The maximum absolute atomic E-state index is 13.0. The van der Waals surface area contributed by atoms with Crippen molar-refractivity contribution in [2.45, 2.75) is 25.2 Å². The molecule has 0 aliphatic heterocycles. The molecule has 146 valence electrons. The fourth-order valence-electron chi connectivity index (χ4n) is 2.25. The van der Waals surface area contributed by atoms with Crippen molar-refractivity contribution in [3.63, 3.8) is 0 Å². The summed E-state index contributed by atoms with van der Waals surface area (Å²) in [7, 11) is 0.539. The Labute approximate surface area is 168 Å². The summed E-state index contributed by atoms with van der Waals surface area (Å²) in [6.45, 7) is 4.60. The summed E-state index contributed by atoms with van der Waals surface area (Å²) >= 11 is 2.01.